The molecule has 2 aliphatic heterocycles. The number of hydrogen-bond acceptors (Lipinski definition) is 5. The van der Waals surface area contributed by atoms with E-state index in [4.69, 9.17) is 15.2 Å². The molecule has 3 rings (SSSR count). The maximum absolute atomic E-state index is 12.1. The molecule has 0 aromatic heterocycles. The Labute approximate surface area is 121 Å². The molecule has 2 amide bonds. The van der Waals surface area contributed by atoms with Crippen LogP contribution < -0.4 is 21.1 Å². The van der Waals surface area contributed by atoms with Gasteiger partial charge < -0.3 is 25.8 Å². The average Bonchev–Trinajstić information content (AvgIpc) is 2.96. The molecule has 0 unspecified atom stereocenters. The minimum Gasteiger partial charge on any atom is -0.482 e. The van der Waals surface area contributed by atoms with Gasteiger partial charge in [-0.1, -0.05) is 0 Å². The van der Waals surface area contributed by atoms with Crippen LogP contribution in [-0.4, -0.2) is 37.2 Å². The summed E-state index contributed by atoms with van der Waals surface area (Å²) in [6.07, 6.45) is 0.970. The normalized spacial score (nSPS) is 24.0. The van der Waals surface area contributed by atoms with Gasteiger partial charge in [0.25, 0.3) is 11.8 Å². The zero-order valence-corrected chi connectivity index (χ0v) is 11.4. The van der Waals surface area contributed by atoms with Gasteiger partial charge in [-0.05, 0) is 25.0 Å². The van der Waals surface area contributed by atoms with E-state index in [0.29, 0.717) is 30.1 Å². The zero-order valence-electron chi connectivity index (χ0n) is 11.4. The predicted octanol–water partition coefficient (Wildman–Crippen LogP) is 0.462. The van der Waals surface area contributed by atoms with Gasteiger partial charge in [-0.2, -0.15) is 0 Å². The van der Waals surface area contributed by atoms with Crippen LogP contribution >= 0.6 is 0 Å². The molecule has 112 valence electrons. The molecule has 2 atom stereocenters. The van der Waals surface area contributed by atoms with Gasteiger partial charge >= 0.3 is 0 Å². The van der Waals surface area contributed by atoms with Crippen molar-refractivity contribution < 1.29 is 19.1 Å². The van der Waals surface area contributed by atoms with E-state index in [1.54, 1.807) is 18.2 Å². The lowest BCUT2D eigenvalue weighted by molar-refractivity contribution is -0.126. The van der Waals surface area contributed by atoms with Gasteiger partial charge in [-0.25, -0.2) is 0 Å². The summed E-state index contributed by atoms with van der Waals surface area (Å²) in [5.74, 6) is 0.164. The largest absolute Gasteiger partial charge is 0.482 e. The fourth-order valence-electron chi connectivity index (χ4n) is 2.45. The second-order valence-corrected chi connectivity index (χ2v) is 5.10. The molecule has 21 heavy (non-hydrogen) atoms. The Kier molecular flexibility index (Phi) is 3.76. The van der Waals surface area contributed by atoms with Crippen molar-refractivity contribution in [2.75, 3.05) is 23.8 Å². The molecule has 7 heteroatoms. The average molecular weight is 291 g/mol. The van der Waals surface area contributed by atoms with Crippen LogP contribution in [0.5, 0.6) is 5.75 Å². The van der Waals surface area contributed by atoms with Crippen LogP contribution in [0.2, 0.25) is 0 Å². The molecular formula is C14H17N3O4. The van der Waals surface area contributed by atoms with Crippen molar-refractivity contribution in [1.82, 2.24) is 0 Å². The highest BCUT2D eigenvalue weighted by molar-refractivity contribution is 5.97. The molecule has 0 radical (unpaired) electrons. The van der Waals surface area contributed by atoms with Gasteiger partial charge in [0, 0.05) is 18.3 Å². The van der Waals surface area contributed by atoms with E-state index >= 15 is 0 Å². The highest BCUT2D eigenvalue weighted by Crippen LogP contribution is 2.31. The number of anilines is 2. The Morgan fingerprint density at radius 3 is 3.05 bits per heavy atom. The number of nitrogens with two attached hydrogens (primary N) is 1. The summed E-state index contributed by atoms with van der Waals surface area (Å²) in [7, 11) is 0. The number of ether oxygens (including phenoxy) is 2. The SMILES string of the molecule is NC[C@H]1CC[C@@H](C(=O)Nc2ccc3c(c2)OCC(=O)N3)O1. The lowest BCUT2D eigenvalue weighted by Crippen LogP contribution is -2.30. The Morgan fingerprint density at radius 2 is 2.29 bits per heavy atom. The Morgan fingerprint density at radius 1 is 1.43 bits per heavy atom. The summed E-state index contributed by atoms with van der Waals surface area (Å²) < 4.78 is 10.9. The summed E-state index contributed by atoms with van der Waals surface area (Å²) in [5.41, 5.74) is 6.74. The van der Waals surface area contributed by atoms with Crippen LogP contribution in [0.3, 0.4) is 0 Å². The Hall–Kier alpha value is -2.12. The van der Waals surface area contributed by atoms with Crippen LogP contribution in [-0.2, 0) is 14.3 Å². The van der Waals surface area contributed by atoms with Crippen molar-refractivity contribution in [2.45, 2.75) is 25.0 Å². The van der Waals surface area contributed by atoms with Gasteiger partial charge in [0.05, 0.1) is 11.8 Å². The van der Waals surface area contributed by atoms with E-state index in [1.807, 2.05) is 0 Å². The van der Waals surface area contributed by atoms with Gasteiger partial charge in [-0.3, -0.25) is 9.59 Å². The van der Waals surface area contributed by atoms with E-state index in [2.05, 4.69) is 10.6 Å². The molecule has 1 fully saturated rings. The summed E-state index contributed by atoms with van der Waals surface area (Å²) in [6.45, 7) is 0.407. The minimum absolute atomic E-state index is 0.0195. The minimum atomic E-state index is -0.463. The third-order valence-corrected chi connectivity index (χ3v) is 3.54. The molecule has 1 aromatic carbocycles. The molecule has 0 saturated carbocycles. The van der Waals surface area contributed by atoms with Crippen molar-refractivity contribution in [1.29, 1.82) is 0 Å². The lowest BCUT2D eigenvalue weighted by Gasteiger charge is -2.19. The second kappa shape index (κ2) is 5.71. The molecule has 1 aromatic rings. The number of amides is 2. The molecule has 1 saturated heterocycles. The van der Waals surface area contributed by atoms with Crippen molar-refractivity contribution in [3.63, 3.8) is 0 Å². The molecule has 0 bridgehead atoms. The number of fused-ring (bicyclic) bond motifs is 1. The Balaban J connectivity index is 1.65. The fraction of sp³-hybridized carbons (Fsp3) is 0.429. The standard InChI is InChI=1S/C14H17N3O4/c15-6-9-2-4-11(21-9)14(19)16-8-1-3-10-12(5-8)20-7-13(18)17-10/h1,3,5,9,11H,2,4,6-7,15H2,(H,16,19)(H,17,18)/t9-,11+/m1/s1. The number of carbonyl (C=O) groups is 2. The van der Waals surface area contributed by atoms with Crippen molar-refractivity contribution in [3.05, 3.63) is 18.2 Å². The van der Waals surface area contributed by atoms with Crippen LogP contribution in [0.15, 0.2) is 18.2 Å². The quantitative estimate of drug-likeness (QED) is 0.751. The topological polar surface area (TPSA) is 103 Å². The zero-order chi connectivity index (χ0) is 14.8. The molecule has 4 N–H and O–H groups in total. The van der Waals surface area contributed by atoms with Gasteiger partial charge in [0.2, 0.25) is 0 Å². The van der Waals surface area contributed by atoms with E-state index in [-0.39, 0.29) is 24.5 Å². The Bertz CT molecular complexity index is 575. The predicted molar refractivity (Wildman–Crippen MR) is 76.1 cm³/mol. The molecular weight excluding hydrogens is 274 g/mol. The van der Waals surface area contributed by atoms with E-state index in [1.165, 1.54) is 0 Å². The summed E-state index contributed by atoms with van der Waals surface area (Å²) in [5, 5.41) is 5.49. The third kappa shape index (κ3) is 2.98. The van der Waals surface area contributed by atoms with Crippen molar-refractivity contribution in [2.24, 2.45) is 5.73 Å². The second-order valence-electron chi connectivity index (χ2n) is 5.10. The lowest BCUT2D eigenvalue weighted by atomic mass is 10.2. The number of benzene rings is 1. The number of hydrogen-bond donors (Lipinski definition) is 3. The smallest absolute Gasteiger partial charge is 0.262 e. The number of carbonyl (C=O) groups excluding carboxylic acids is 2. The number of nitrogens with one attached hydrogen (secondary N) is 2. The summed E-state index contributed by atoms with van der Waals surface area (Å²) in [4.78, 5) is 23.3. The fourth-order valence-corrected chi connectivity index (χ4v) is 2.45. The molecule has 0 spiro atoms. The van der Waals surface area contributed by atoms with Crippen molar-refractivity contribution in [3.8, 4) is 5.75 Å². The molecule has 7 nitrogen and oxygen atoms in total. The van der Waals surface area contributed by atoms with Gasteiger partial charge in [0.1, 0.15) is 11.9 Å². The van der Waals surface area contributed by atoms with Crippen molar-refractivity contribution >= 4 is 23.2 Å². The van der Waals surface area contributed by atoms with E-state index < -0.39 is 6.10 Å². The summed E-state index contributed by atoms with van der Waals surface area (Å²) in [6, 6.07) is 5.09. The van der Waals surface area contributed by atoms with Crippen LogP contribution in [0.4, 0.5) is 11.4 Å². The van der Waals surface area contributed by atoms with Crippen LogP contribution in [0.1, 0.15) is 12.8 Å². The first-order valence-electron chi connectivity index (χ1n) is 6.89. The first kappa shape index (κ1) is 13.8. The highest BCUT2D eigenvalue weighted by Gasteiger charge is 2.30. The monoisotopic (exact) mass is 291 g/mol. The maximum atomic E-state index is 12.1. The summed E-state index contributed by atoms with van der Waals surface area (Å²) >= 11 is 0. The van der Waals surface area contributed by atoms with Crippen LogP contribution in [0, 0.1) is 0 Å². The first-order chi connectivity index (χ1) is 10.2. The van der Waals surface area contributed by atoms with E-state index in [9.17, 15) is 9.59 Å². The number of rotatable bonds is 3. The molecule has 2 aliphatic rings. The van der Waals surface area contributed by atoms with E-state index in [0.717, 1.165) is 6.42 Å². The maximum Gasteiger partial charge on any atom is 0.262 e. The first-order valence-corrected chi connectivity index (χ1v) is 6.89. The van der Waals surface area contributed by atoms with Gasteiger partial charge in [0.15, 0.2) is 6.61 Å². The van der Waals surface area contributed by atoms with Crippen LogP contribution in [0.25, 0.3) is 0 Å². The highest BCUT2D eigenvalue weighted by atomic mass is 16.5. The third-order valence-electron chi connectivity index (χ3n) is 3.54. The molecule has 2 heterocycles. The van der Waals surface area contributed by atoms with Gasteiger partial charge in [-0.15, -0.1) is 0 Å². The molecule has 0 aliphatic carbocycles.